The molecule has 0 aromatic heterocycles. The molecule has 0 saturated carbocycles. The first-order valence-corrected chi connectivity index (χ1v) is 5.88. The van der Waals surface area contributed by atoms with Crippen LogP contribution in [0.15, 0.2) is 24.3 Å². The van der Waals surface area contributed by atoms with Gasteiger partial charge in [0, 0.05) is 6.42 Å². The van der Waals surface area contributed by atoms with Crippen molar-refractivity contribution < 1.29 is 27.9 Å². The second-order valence-corrected chi connectivity index (χ2v) is 4.31. The molecule has 0 aliphatic rings. The molecule has 7 heteroatoms. The number of hydrogen-bond acceptors (Lipinski definition) is 2. The summed E-state index contributed by atoms with van der Waals surface area (Å²) in [4.78, 5) is 21.7. The molecule has 0 bridgehead atoms. The molecule has 20 heavy (non-hydrogen) atoms. The van der Waals surface area contributed by atoms with Gasteiger partial charge in [-0.15, -0.1) is 0 Å². The maximum atomic E-state index is 12.6. The summed E-state index contributed by atoms with van der Waals surface area (Å²) in [6, 6.07) is 4.01. The molecule has 110 valence electrons. The Balaban J connectivity index is 2.70. The van der Waals surface area contributed by atoms with Crippen LogP contribution in [0, 0.1) is 0 Å². The smallest absolute Gasteiger partial charge is 0.416 e. The van der Waals surface area contributed by atoms with Crippen molar-refractivity contribution in [2.24, 2.45) is 0 Å². The molecule has 1 atom stereocenters. The lowest BCUT2D eigenvalue weighted by molar-refractivity contribution is -0.139. The van der Waals surface area contributed by atoms with Crippen LogP contribution in [0.25, 0.3) is 0 Å². The van der Waals surface area contributed by atoms with Crippen molar-refractivity contribution in [2.45, 2.75) is 32.0 Å². The summed E-state index contributed by atoms with van der Waals surface area (Å²) in [5.74, 6) is -1.62. The summed E-state index contributed by atoms with van der Waals surface area (Å²) >= 11 is 0. The zero-order valence-electron chi connectivity index (χ0n) is 10.7. The number of alkyl halides is 3. The number of amides is 1. The third kappa shape index (κ3) is 4.91. The number of aliphatic carboxylic acids is 1. The maximum Gasteiger partial charge on any atom is 0.416 e. The summed E-state index contributed by atoms with van der Waals surface area (Å²) < 4.78 is 37.7. The number of carboxylic acids is 1. The molecule has 1 aromatic carbocycles. The third-order valence-electron chi connectivity index (χ3n) is 2.66. The minimum Gasteiger partial charge on any atom is -0.481 e. The molecule has 0 aliphatic heterocycles. The van der Waals surface area contributed by atoms with Crippen molar-refractivity contribution in [1.29, 1.82) is 0 Å². The number of hydrogen-bond donors (Lipinski definition) is 2. The van der Waals surface area contributed by atoms with Gasteiger partial charge in [-0.05, 0) is 24.6 Å². The van der Waals surface area contributed by atoms with E-state index in [0.717, 1.165) is 12.1 Å². The summed E-state index contributed by atoms with van der Waals surface area (Å²) in [7, 11) is 0. The van der Waals surface area contributed by atoms with Gasteiger partial charge in [-0.1, -0.05) is 12.1 Å². The van der Waals surface area contributed by atoms with E-state index in [1.165, 1.54) is 19.1 Å². The largest absolute Gasteiger partial charge is 0.481 e. The molecule has 1 aromatic rings. The van der Waals surface area contributed by atoms with Gasteiger partial charge >= 0.3 is 12.1 Å². The molecule has 1 unspecified atom stereocenters. The molecular weight excluding hydrogens is 275 g/mol. The van der Waals surface area contributed by atoms with E-state index in [0.29, 0.717) is 5.56 Å². The second-order valence-electron chi connectivity index (χ2n) is 4.31. The van der Waals surface area contributed by atoms with E-state index < -0.39 is 29.7 Å². The van der Waals surface area contributed by atoms with E-state index in [2.05, 4.69) is 5.32 Å². The quantitative estimate of drug-likeness (QED) is 0.876. The van der Waals surface area contributed by atoms with E-state index in [9.17, 15) is 22.8 Å². The highest BCUT2D eigenvalue weighted by molar-refractivity contribution is 5.80. The van der Waals surface area contributed by atoms with Crippen LogP contribution in [0.1, 0.15) is 36.9 Å². The lowest BCUT2D eigenvalue weighted by atomic mass is 10.0. The number of carboxylic acid groups (broad SMARTS) is 1. The molecule has 2 N–H and O–H groups in total. The molecule has 0 saturated heterocycles. The summed E-state index contributed by atoms with van der Waals surface area (Å²) in [6.45, 7) is 1.54. The summed E-state index contributed by atoms with van der Waals surface area (Å²) in [5.41, 5.74) is -0.481. The average molecular weight is 289 g/mol. The van der Waals surface area contributed by atoms with Crippen LogP contribution in [0.3, 0.4) is 0 Å². The van der Waals surface area contributed by atoms with Gasteiger partial charge in [0.05, 0.1) is 18.0 Å². The highest BCUT2D eigenvalue weighted by atomic mass is 19.4. The molecule has 0 fully saturated rings. The molecule has 0 aliphatic carbocycles. The summed E-state index contributed by atoms with van der Waals surface area (Å²) in [6.07, 6.45) is -4.97. The van der Waals surface area contributed by atoms with Crippen LogP contribution in [0.5, 0.6) is 0 Å². The number of carbonyl (C=O) groups is 2. The van der Waals surface area contributed by atoms with Gasteiger partial charge in [-0.2, -0.15) is 13.2 Å². The van der Waals surface area contributed by atoms with Gasteiger partial charge in [-0.3, -0.25) is 9.59 Å². The first kappa shape index (κ1) is 16.0. The van der Waals surface area contributed by atoms with E-state index >= 15 is 0 Å². The Morgan fingerprint density at radius 2 is 1.95 bits per heavy atom. The normalized spacial score (nSPS) is 12.8. The first-order valence-electron chi connectivity index (χ1n) is 5.88. The number of rotatable bonds is 5. The fraction of sp³-hybridized carbons (Fsp3) is 0.385. The predicted octanol–water partition coefficient (Wildman–Crippen LogP) is 2.75. The highest BCUT2D eigenvalue weighted by Crippen LogP contribution is 2.30. The molecule has 0 spiro atoms. The van der Waals surface area contributed by atoms with E-state index in [4.69, 9.17) is 5.11 Å². The Morgan fingerprint density at radius 3 is 2.50 bits per heavy atom. The first-order chi connectivity index (χ1) is 9.20. The molecule has 0 radical (unpaired) electrons. The van der Waals surface area contributed by atoms with Gasteiger partial charge in [-0.25, -0.2) is 0 Å². The average Bonchev–Trinajstić information content (AvgIpc) is 2.35. The van der Waals surface area contributed by atoms with Crippen molar-refractivity contribution in [1.82, 2.24) is 5.32 Å². The second kappa shape index (κ2) is 6.40. The number of benzene rings is 1. The van der Waals surface area contributed by atoms with Crippen molar-refractivity contribution >= 4 is 11.9 Å². The third-order valence-corrected chi connectivity index (χ3v) is 2.66. The molecule has 1 amide bonds. The Hall–Kier alpha value is -2.05. The van der Waals surface area contributed by atoms with E-state index in [-0.39, 0.29) is 12.8 Å². The maximum absolute atomic E-state index is 12.6. The Labute approximate surface area is 113 Å². The SMILES string of the molecule is CC(NC(=O)CCC(=O)O)c1cccc(C(F)(F)F)c1. The van der Waals surface area contributed by atoms with Gasteiger partial charge in [0.2, 0.25) is 5.91 Å². The minimum atomic E-state index is -4.44. The van der Waals surface area contributed by atoms with Gasteiger partial charge in [0.25, 0.3) is 0 Å². The zero-order valence-corrected chi connectivity index (χ0v) is 10.7. The molecule has 4 nitrogen and oxygen atoms in total. The van der Waals surface area contributed by atoms with Crippen LogP contribution in [0.2, 0.25) is 0 Å². The van der Waals surface area contributed by atoms with Crippen molar-refractivity contribution in [3.63, 3.8) is 0 Å². The fourth-order valence-corrected chi connectivity index (χ4v) is 1.60. The van der Waals surface area contributed by atoms with Crippen LogP contribution in [-0.4, -0.2) is 17.0 Å². The number of nitrogens with one attached hydrogen (secondary N) is 1. The molecular formula is C13H14F3NO3. The lowest BCUT2D eigenvalue weighted by Crippen LogP contribution is -2.27. The Morgan fingerprint density at radius 1 is 1.30 bits per heavy atom. The molecule has 1 rings (SSSR count). The highest BCUT2D eigenvalue weighted by Gasteiger charge is 2.30. The van der Waals surface area contributed by atoms with Crippen molar-refractivity contribution in [3.8, 4) is 0 Å². The Bertz CT molecular complexity index is 500. The number of halogens is 3. The monoisotopic (exact) mass is 289 g/mol. The minimum absolute atomic E-state index is 0.210. The van der Waals surface area contributed by atoms with Crippen LogP contribution >= 0.6 is 0 Å². The molecule has 0 heterocycles. The lowest BCUT2D eigenvalue weighted by Gasteiger charge is -2.16. The van der Waals surface area contributed by atoms with Crippen molar-refractivity contribution in [3.05, 3.63) is 35.4 Å². The van der Waals surface area contributed by atoms with Crippen LogP contribution in [-0.2, 0) is 15.8 Å². The topological polar surface area (TPSA) is 66.4 Å². The summed E-state index contributed by atoms with van der Waals surface area (Å²) in [5, 5.41) is 10.9. The van der Waals surface area contributed by atoms with E-state index in [1.54, 1.807) is 0 Å². The standard InChI is InChI=1S/C13H14F3NO3/c1-8(17-11(18)5-6-12(19)20)9-3-2-4-10(7-9)13(14,15)16/h2-4,7-8H,5-6H2,1H3,(H,17,18)(H,19,20). The Kier molecular flexibility index (Phi) is 5.12. The van der Waals surface area contributed by atoms with Gasteiger partial charge in [0.15, 0.2) is 0 Å². The fourth-order valence-electron chi connectivity index (χ4n) is 1.60. The van der Waals surface area contributed by atoms with Gasteiger partial charge in [0.1, 0.15) is 0 Å². The van der Waals surface area contributed by atoms with Crippen LogP contribution < -0.4 is 5.32 Å². The van der Waals surface area contributed by atoms with E-state index in [1.807, 2.05) is 0 Å². The zero-order chi connectivity index (χ0) is 15.3. The van der Waals surface area contributed by atoms with Gasteiger partial charge < -0.3 is 10.4 Å². The number of carbonyl (C=O) groups excluding carboxylic acids is 1. The predicted molar refractivity (Wildman–Crippen MR) is 64.9 cm³/mol. The van der Waals surface area contributed by atoms with Crippen LogP contribution in [0.4, 0.5) is 13.2 Å². The van der Waals surface area contributed by atoms with Crippen molar-refractivity contribution in [2.75, 3.05) is 0 Å².